The SMILES string of the molecule is N[C@H]1C[C@H](C(=O)NCCc2noc(C3CCCC3)n2)C[C@@H]1O. The fraction of sp³-hybridized carbons (Fsp3) is 0.800. The van der Waals surface area contributed by atoms with Crippen molar-refractivity contribution < 1.29 is 14.4 Å². The average molecular weight is 308 g/mol. The first-order valence-corrected chi connectivity index (χ1v) is 8.17. The number of nitrogens with zero attached hydrogens (tertiary/aromatic N) is 2. The highest BCUT2D eigenvalue weighted by molar-refractivity contribution is 5.79. The lowest BCUT2D eigenvalue weighted by molar-refractivity contribution is -0.125. The monoisotopic (exact) mass is 308 g/mol. The lowest BCUT2D eigenvalue weighted by Crippen LogP contribution is -2.32. The molecule has 0 aliphatic heterocycles. The fourth-order valence-electron chi connectivity index (χ4n) is 3.41. The summed E-state index contributed by atoms with van der Waals surface area (Å²) in [5.74, 6) is 1.56. The Balaban J connectivity index is 1.42. The van der Waals surface area contributed by atoms with E-state index in [1.54, 1.807) is 0 Å². The van der Waals surface area contributed by atoms with Gasteiger partial charge in [0.05, 0.1) is 6.10 Å². The molecule has 22 heavy (non-hydrogen) atoms. The summed E-state index contributed by atoms with van der Waals surface area (Å²) >= 11 is 0. The minimum Gasteiger partial charge on any atom is -0.391 e. The van der Waals surface area contributed by atoms with Gasteiger partial charge < -0.3 is 20.7 Å². The number of nitrogens with one attached hydrogen (secondary N) is 1. The van der Waals surface area contributed by atoms with Crippen molar-refractivity contribution >= 4 is 5.91 Å². The third-order valence-electron chi connectivity index (χ3n) is 4.78. The van der Waals surface area contributed by atoms with Gasteiger partial charge in [0.25, 0.3) is 0 Å². The van der Waals surface area contributed by atoms with Crippen molar-refractivity contribution in [2.45, 2.75) is 63.0 Å². The van der Waals surface area contributed by atoms with Crippen molar-refractivity contribution in [3.63, 3.8) is 0 Å². The summed E-state index contributed by atoms with van der Waals surface area (Å²) in [7, 11) is 0. The molecular weight excluding hydrogens is 284 g/mol. The second-order valence-corrected chi connectivity index (χ2v) is 6.47. The molecule has 2 aliphatic carbocycles. The van der Waals surface area contributed by atoms with Crippen LogP contribution in [0, 0.1) is 5.92 Å². The molecule has 7 heteroatoms. The van der Waals surface area contributed by atoms with Crippen molar-refractivity contribution in [3.05, 3.63) is 11.7 Å². The van der Waals surface area contributed by atoms with E-state index in [1.807, 2.05) is 0 Å². The molecule has 122 valence electrons. The predicted octanol–water partition coefficient (Wildman–Crippen LogP) is 0.484. The van der Waals surface area contributed by atoms with Crippen LogP contribution in [0.25, 0.3) is 0 Å². The fourth-order valence-corrected chi connectivity index (χ4v) is 3.41. The summed E-state index contributed by atoms with van der Waals surface area (Å²) in [4.78, 5) is 16.4. The average Bonchev–Trinajstić information content (AvgIpc) is 3.21. The molecule has 1 heterocycles. The number of carbonyl (C=O) groups is 1. The predicted molar refractivity (Wildman–Crippen MR) is 78.9 cm³/mol. The molecule has 2 fully saturated rings. The van der Waals surface area contributed by atoms with Crippen molar-refractivity contribution in [1.29, 1.82) is 0 Å². The van der Waals surface area contributed by atoms with Crippen LogP contribution in [-0.4, -0.2) is 39.8 Å². The zero-order chi connectivity index (χ0) is 15.5. The third-order valence-corrected chi connectivity index (χ3v) is 4.78. The second kappa shape index (κ2) is 6.75. The van der Waals surface area contributed by atoms with Crippen molar-refractivity contribution in [1.82, 2.24) is 15.5 Å². The Morgan fingerprint density at radius 2 is 2.14 bits per heavy atom. The molecular formula is C15H24N4O3. The van der Waals surface area contributed by atoms with Gasteiger partial charge >= 0.3 is 0 Å². The Morgan fingerprint density at radius 1 is 1.36 bits per heavy atom. The molecule has 4 N–H and O–H groups in total. The van der Waals surface area contributed by atoms with Crippen LogP contribution in [0.15, 0.2) is 4.52 Å². The molecule has 0 unspecified atom stereocenters. The first kappa shape index (κ1) is 15.4. The van der Waals surface area contributed by atoms with Crippen LogP contribution in [0.2, 0.25) is 0 Å². The normalized spacial score (nSPS) is 29.1. The van der Waals surface area contributed by atoms with Crippen LogP contribution in [0.4, 0.5) is 0 Å². The molecule has 3 rings (SSSR count). The van der Waals surface area contributed by atoms with Crippen LogP contribution in [-0.2, 0) is 11.2 Å². The van der Waals surface area contributed by atoms with E-state index in [9.17, 15) is 9.90 Å². The molecule has 0 aromatic carbocycles. The summed E-state index contributed by atoms with van der Waals surface area (Å²) in [6.45, 7) is 0.476. The van der Waals surface area contributed by atoms with Gasteiger partial charge in [-0.3, -0.25) is 4.79 Å². The van der Waals surface area contributed by atoms with Crippen molar-refractivity contribution in [2.75, 3.05) is 6.54 Å². The van der Waals surface area contributed by atoms with Crippen LogP contribution >= 0.6 is 0 Å². The van der Waals surface area contributed by atoms with Gasteiger partial charge in [-0.2, -0.15) is 4.98 Å². The number of hydrogen-bond acceptors (Lipinski definition) is 6. The van der Waals surface area contributed by atoms with Gasteiger partial charge in [0.2, 0.25) is 11.8 Å². The zero-order valence-electron chi connectivity index (χ0n) is 12.7. The van der Waals surface area contributed by atoms with Gasteiger partial charge in [-0.15, -0.1) is 0 Å². The number of rotatable bonds is 5. The van der Waals surface area contributed by atoms with Gasteiger partial charge in [-0.25, -0.2) is 0 Å². The summed E-state index contributed by atoms with van der Waals surface area (Å²) in [6, 6.07) is -0.290. The topological polar surface area (TPSA) is 114 Å². The van der Waals surface area contributed by atoms with E-state index >= 15 is 0 Å². The number of carbonyl (C=O) groups excluding carboxylic acids is 1. The number of aromatic nitrogens is 2. The minimum atomic E-state index is -0.568. The van der Waals surface area contributed by atoms with Gasteiger partial charge in [-0.1, -0.05) is 18.0 Å². The molecule has 2 aliphatic rings. The Hall–Kier alpha value is -1.47. The van der Waals surface area contributed by atoms with Crippen molar-refractivity contribution in [3.8, 4) is 0 Å². The van der Waals surface area contributed by atoms with E-state index in [0.29, 0.717) is 37.5 Å². The highest BCUT2D eigenvalue weighted by Gasteiger charge is 2.34. The summed E-state index contributed by atoms with van der Waals surface area (Å²) in [6.07, 6.45) is 5.69. The first-order chi connectivity index (χ1) is 10.6. The summed E-state index contributed by atoms with van der Waals surface area (Å²) in [5.41, 5.74) is 5.73. The summed E-state index contributed by atoms with van der Waals surface area (Å²) in [5, 5.41) is 16.4. The summed E-state index contributed by atoms with van der Waals surface area (Å²) < 4.78 is 5.31. The molecule has 0 bridgehead atoms. The number of aliphatic hydroxyl groups is 1. The molecule has 1 aromatic rings. The first-order valence-electron chi connectivity index (χ1n) is 8.17. The molecule has 0 saturated heterocycles. The van der Waals surface area contributed by atoms with Gasteiger partial charge in [0.15, 0.2) is 5.82 Å². The minimum absolute atomic E-state index is 0.0495. The van der Waals surface area contributed by atoms with Crippen LogP contribution in [0.3, 0.4) is 0 Å². The Bertz CT molecular complexity index is 503. The Morgan fingerprint density at radius 3 is 2.82 bits per heavy atom. The standard InChI is InChI=1S/C15H24N4O3/c16-11-7-10(8-12(11)20)14(21)17-6-5-13-18-15(22-19-13)9-3-1-2-4-9/h9-12,20H,1-8,16H2,(H,17,21)/t10-,11-,12-/m0/s1. The van der Waals surface area contributed by atoms with Gasteiger partial charge in [0, 0.05) is 30.8 Å². The maximum absolute atomic E-state index is 12.0. The lowest BCUT2D eigenvalue weighted by atomic mass is 10.1. The van der Waals surface area contributed by atoms with Gasteiger partial charge in [0.1, 0.15) is 0 Å². The Labute approximate surface area is 129 Å². The number of amides is 1. The number of hydrogen-bond donors (Lipinski definition) is 3. The van der Waals surface area contributed by atoms with Crippen LogP contribution in [0.5, 0.6) is 0 Å². The molecule has 3 atom stereocenters. The number of aliphatic hydroxyl groups excluding tert-OH is 1. The maximum atomic E-state index is 12.0. The number of nitrogens with two attached hydrogens (primary N) is 1. The molecule has 2 saturated carbocycles. The van der Waals surface area contributed by atoms with E-state index in [4.69, 9.17) is 10.3 Å². The third kappa shape index (κ3) is 3.47. The van der Waals surface area contributed by atoms with Crippen LogP contribution < -0.4 is 11.1 Å². The second-order valence-electron chi connectivity index (χ2n) is 6.47. The zero-order valence-corrected chi connectivity index (χ0v) is 12.7. The Kier molecular flexibility index (Phi) is 4.73. The quantitative estimate of drug-likeness (QED) is 0.729. The largest absolute Gasteiger partial charge is 0.391 e. The highest BCUT2D eigenvalue weighted by atomic mass is 16.5. The van der Waals surface area contributed by atoms with E-state index < -0.39 is 6.10 Å². The molecule has 7 nitrogen and oxygen atoms in total. The molecule has 0 radical (unpaired) electrons. The lowest BCUT2D eigenvalue weighted by Gasteiger charge is -2.09. The molecule has 1 amide bonds. The smallest absolute Gasteiger partial charge is 0.229 e. The van der Waals surface area contributed by atoms with Crippen molar-refractivity contribution in [2.24, 2.45) is 11.7 Å². The maximum Gasteiger partial charge on any atom is 0.229 e. The van der Waals surface area contributed by atoms with E-state index in [1.165, 1.54) is 12.8 Å². The van der Waals surface area contributed by atoms with Gasteiger partial charge in [-0.05, 0) is 25.7 Å². The molecule has 0 spiro atoms. The highest BCUT2D eigenvalue weighted by Crippen LogP contribution is 2.32. The van der Waals surface area contributed by atoms with Crippen LogP contribution in [0.1, 0.15) is 56.2 Å². The molecule has 1 aromatic heterocycles. The van der Waals surface area contributed by atoms with E-state index in [-0.39, 0.29) is 17.9 Å². The van der Waals surface area contributed by atoms with E-state index in [0.717, 1.165) is 18.7 Å². The van der Waals surface area contributed by atoms with E-state index in [2.05, 4.69) is 15.5 Å².